The molecule has 0 aliphatic heterocycles. The summed E-state index contributed by atoms with van der Waals surface area (Å²) in [7, 11) is 0. The molecule has 0 radical (unpaired) electrons. The lowest BCUT2D eigenvalue weighted by atomic mass is 10.1. The van der Waals surface area contributed by atoms with Crippen LogP contribution in [-0.4, -0.2) is 34.5 Å². The molecule has 2 saturated carbocycles. The zero-order valence-corrected chi connectivity index (χ0v) is 12.6. The van der Waals surface area contributed by atoms with Crippen LogP contribution < -0.4 is 5.73 Å². The first kappa shape index (κ1) is 13.0. The van der Waals surface area contributed by atoms with Gasteiger partial charge in [0.2, 0.25) is 0 Å². The maximum atomic E-state index is 6.12. The summed E-state index contributed by atoms with van der Waals surface area (Å²) in [4.78, 5) is 2.70. The van der Waals surface area contributed by atoms with E-state index in [0.29, 0.717) is 10.8 Å². The first-order chi connectivity index (χ1) is 8.79. The third-order valence-electron chi connectivity index (χ3n) is 4.34. The molecule has 2 aliphatic carbocycles. The summed E-state index contributed by atoms with van der Waals surface area (Å²) in [6, 6.07) is 3.62. The lowest BCUT2D eigenvalue weighted by Gasteiger charge is -2.36. The van der Waals surface area contributed by atoms with Gasteiger partial charge in [-0.1, -0.05) is 0 Å². The molecule has 18 heavy (non-hydrogen) atoms. The van der Waals surface area contributed by atoms with E-state index >= 15 is 0 Å². The number of rotatable bonds is 7. The topological polar surface area (TPSA) is 29.3 Å². The van der Waals surface area contributed by atoms with Gasteiger partial charge in [0.1, 0.15) is 0 Å². The lowest BCUT2D eigenvalue weighted by Crippen LogP contribution is -2.49. The Morgan fingerprint density at radius 3 is 2.78 bits per heavy atom. The summed E-state index contributed by atoms with van der Waals surface area (Å²) >= 11 is 3.84. The molecule has 0 aromatic carbocycles. The second kappa shape index (κ2) is 5.16. The van der Waals surface area contributed by atoms with Crippen molar-refractivity contribution in [1.29, 1.82) is 0 Å². The number of nitrogens with zero attached hydrogens (tertiary/aromatic N) is 1. The number of hydrogen-bond acceptors (Lipinski definition) is 4. The van der Waals surface area contributed by atoms with E-state index < -0.39 is 0 Å². The van der Waals surface area contributed by atoms with Crippen molar-refractivity contribution in [3.8, 4) is 0 Å². The van der Waals surface area contributed by atoms with E-state index in [9.17, 15) is 0 Å². The fourth-order valence-corrected chi connectivity index (χ4v) is 4.62. The van der Waals surface area contributed by atoms with Crippen molar-refractivity contribution < 1.29 is 0 Å². The van der Waals surface area contributed by atoms with Crippen LogP contribution in [0.2, 0.25) is 0 Å². The number of hydrogen-bond donors (Lipinski definition) is 1. The molecular formula is C14H22N2S2. The number of nitrogens with two attached hydrogens (primary N) is 1. The summed E-state index contributed by atoms with van der Waals surface area (Å²) in [5, 5.41) is 4.46. The third-order valence-corrected chi connectivity index (χ3v) is 6.57. The molecule has 2 fully saturated rings. The van der Waals surface area contributed by atoms with Crippen LogP contribution in [0.1, 0.15) is 31.2 Å². The van der Waals surface area contributed by atoms with Gasteiger partial charge in [-0.15, -0.1) is 0 Å². The van der Waals surface area contributed by atoms with E-state index in [0.717, 1.165) is 19.1 Å². The molecule has 1 atom stereocenters. The first-order valence-electron chi connectivity index (χ1n) is 6.81. The average molecular weight is 282 g/mol. The van der Waals surface area contributed by atoms with Gasteiger partial charge >= 0.3 is 0 Å². The van der Waals surface area contributed by atoms with E-state index in [1.165, 1.54) is 31.2 Å². The Morgan fingerprint density at radius 2 is 2.33 bits per heavy atom. The molecule has 1 aromatic rings. The molecule has 1 aromatic heterocycles. The predicted octanol–water partition coefficient (Wildman–Crippen LogP) is 2.94. The third kappa shape index (κ3) is 2.48. The highest BCUT2D eigenvalue weighted by molar-refractivity contribution is 8.00. The predicted molar refractivity (Wildman–Crippen MR) is 81.2 cm³/mol. The van der Waals surface area contributed by atoms with Gasteiger partial charge in [-0.05, 0) is 54.3 Å². The summed E-state index contributed by atoms with van der Waals surface area (Å²) in [5.74, 6) is 0. The van der Waals surface area contributed by atoms with E-state index in [-0.39, 0.29) is 0 Å². The molecule has 0 bridgehead atoms. The second-order valence-electron chi connectivity index (χ2n) is 5.56. The molecule has 0 amide bonds. The van der Waals surface area contributed by atoms with Gasteiger partial charge < -0.3 is 5.73 Å². The zero-order chi connectivity index (χ0) is 12.6. The molecule has 2 aliphatic rings. The van der Waals surface area contributed by atoms with Crippen LogP contribution in [-0.2, 0) is 6.54 Å². The first-order valence-corrected chi connectivity index (χ1v) is 8.98. The maximum Gasteiger partial charge on any atom is 0.0371 e. The van der Waals surface area contributed by atoms with Gasteiger partial charge in [0.05, 0.1) is 0 Å². The van der Waals surface area contributed by atoms with Crippen molar-refractivity contribution in [2.75, 3.05) is 12.8 Å². The molecule has 1 heterocycles. The highest BCUT2D eigenvalue weighted by Crippen LogP contribution is 2.52. The minimum Gasteiger partial charge on any atom is -0.329 e. The van der Waals surface area contributed by atoms with Crippen molar-refractivity contribution in [2.45, 2.75) is 49.1 Å². The smallest absolute Gasteiger partial charge is 0.0371 e. The summed E-state index contributed by atoms with van der Waals surface area (Å²) < 4.78 is 0.466. The highest BCUT2D eigenvalue weighted by atomic mass is 32.2. The van der Waals surface area contributed by atoms with Gasteiger partial charge in [-0.2, -0.15) is 23.1 Å². The van der Waals surface area contributed by atoms with Crippen molar-refractivity contribution >= 4 is 23.1 Å². The maximum absolute atomic E-state index is 6.12. The quantitative estimate of drug-likeness (QED) is 0.834. The zero-order valence-electron chi connectivity index (χ0n) is 11.0. The Balaban J connectivity index is 1.75. The summed E-state index contributed by atoms with van der Waals surface area (Å²) in [5.41, 5.74) is 7.58. The SMILES string of the molecule is CSC1(C(CN)N(Cc2ccsc2)C2CC2)CC1. The molecule has 100 valence electrons. The van der Waals surface area contributed by atoms with Crippen molar-refractivity contribution in [3.05, 3.63) is 22.4 Å². The lowest BCUT2D eigenvalue weighted by molar-refractivity contribution is 0.172. The average Bonchev–Trinajstić information content (AvgIpc) is 3.30. The van der Waals surface area contributed by atoms with Gasteiger partial charge in [-0.25, -0.2) is 0 Å². The van der Waals surface area contributed by atoms with Crippen LogP contribution in [0, 0.1) is 0 Å². The van der Waals surface area contributed by atoms with Gasteiger partial charge in [-0.3, -0.25) is 4.90 Å². The Bertz CT molecular complexity index is 383. The minimum atomic E-state index is 0.466. The Labute approximate surface area is 118 Å². The highest BCUT2D eigenvalue weighted by Gasteiger charge is 2.52. The molecule has 1 unspecified atom stereocenters. The fraction of sp³-hybridized carbons (Fsp3) is 0.714. The molecule has 0 saturated heterocycles. The van der Waals surface area contributed by atoms with E-state index in [1.54, 1.807) is 11.3 Å². The van der Waals surface area contributed by atoms with Crippen LogP contribution in [0.3, 0.4) is 0 Å². The summed E-state index contributed by atoms with van der Waals surface area (Å²) in [6.07, 6.45) is 7.69. The monoisotopic (exact) mass is 282 g/mol. The van der Waals surface area contributed by atoms with Crippen LogP contribution in [0.5, 0.6) is 0 Å². The molecule has 3 rings (SSSR count). The minimum absolute atomic E-state index is 0.466. The van der Waals surface area contributed by atoms with Gasteiger partial charge in [0.15, 0.2) is 0 Å². The van der Waals surface area contributed by atoms with Crippen LogP contribution >= 0.6 is 23.1 Å². The van der Waals surface area contributed by atoms with Gasteiger partial charge in [0, 0.05) is 29.9 Å². The Morgan fingerprint density at radius 1 is 1.56 bits per heavy atom. The largest absolute Gasteiger partial charge is 0.329 e. The van der Waals surface area contributed by atoms with E-state index in [1.807, 2.05) is 11.8 Å². The molecule has 2 N–H and O–H groups in total. The Kier molecular flexibility index (Phi) is 3.72. The van der Waals surface area contributed by atoms with Crippen LogP contribution in [0.25, 0.3) is 0 Å². The van der Waals surface area contributed by atoms with Crippen LogP contribution in [0.15, 0.2) is 16.8 Å². The molecule has 4 heteroatoms. The number of thiophene rings is 1. The molecule has 2 nitrogen and oxygen atoms in total. The second-order valence-corrected chi connectivity index (χ2v) is 7.56. The van der Waals surface area contributed by atoms with Gasteiger partial charge in [0.25, 0.3) is 0 Å². The normalized spacial score (nSPS) is 23.3. The fourth-order valence-electron chi connectivity index (χ4n) is 2.94. The Hall–Kier alpha value is -0.0300. The van der Waals surface area contributed by atoms with Crippen molar-refractivity contribution in [1.82, 2.24) is 4.90 Å². The molecular weight excluding hydrogens is 260 g/mol. The standard InChI is InChI=1S/C14H22N2S2/c1-17-14(5-6-14)13(8-15)16(12-2-3-12)9-11-4-7-18-10-11/h4,7,10,12-13H,2-3,5-6,8-9,15H2,1H3. The van der Waals surface area contributed by atoms with E-state index in [2.05, 4.69) is 28.0 Å². The number of thioether (sulfide) groups is 1. The van der Waals surface area contributed by atoms with Crippen LogP contribution in [0.4, 0.5) is 0 Å². The van der Waals surface area contributed by atoms with Crippen molar-refractivity contribution in [3.63, 3.8) is 0 Å². The van der Waals surface area contributed by atoms with E-state index in [4.69, 9.17) is 5.73 Å². The molecule has 0 spiro atoms. The van der Waals surface area contributed by atoms with Crippen molar-refractivity contribution in [2.24, 2.45) is 5.73 Å². The summed E-state index contributed by atoms with van der Waals surface area (Å²) in [6.45, 7) is 1.90.